The third-order valence-corrected chi connectivity index (χ3v) is 5.14. The fourth-order valence-electron chi connectivity index (χ4n) is 3.52. The predicted molar refractivity (Wildman–Crippen MR) is 115 cm³/mol. The molecule has 11 heteroatoms. The highest BCUT2D eigenvalue weighted by Gasteiger charge is 2.17. The van der Waals surface area contributed by atoms with Gasteiger partial charge in [0.05, 0.1) is 11.9 Å². The lowest BCUT2D eigenvalue weighted by Crippen LogP contribution is -2.46. The Hall–Kier alpha value is -3.60. The maximum Gasteiger partial charge on any atom is 0.257 e. The van der Waals surface area contributed by atoms with Gasteiger partial charge in [-0.3, -0.25) is 4.90 Å². The second-order valence-electron chi connectivity index (χ2n) is 7.27. The smallest absolute Gasteiger partial charge is 0.257 e. The number of benzene rings is 1. The van der Waals surface area contributed by atoms with Gasteiger partial charge >= 0.3 is 0 Å². The first-order chi connectivity index (χ1) is 14.9. The first-order valence-corrected chi connectivity index (χ1v) is 9.81. The third-order valence-electron chi connectivity index (χ3n) is 5.14. The van der Waals surface area contributed by atoms with Crippen LogP contribution in [0.5, 0.6) is 0 Å². The molecular formula is C20H23F2N9. The molecule has 4 N–H and O–H groups in total. The number of nitrogen functional groups attached to an aromatic ring is 2. The number of hydrogen-bond donors (Lipinski definition) is 2. The first-order valence-electron chi connectivity index (χ1n) is 9.81. The summed E-state index contributed by atoms with van der Waals surface area (Å²) in [5, 5.41) is 4.31. The summed E-state index contributed by atoms with van der Waals surface area (Å²) in [5.41, 5.74) is 13.6. The number of nitrogens with two attached hydrogens (primary N) is 2. The summed E-state index contributed by atoms with van der Waals surface area (Å²) in [6.45, 7) is 5.65. The molecule has 9 nitrogen and oxygen atoms in total. The fraction of sp³-hybridized carbons (Fsp3) is 0.300. The van der Waals surface area contributed by atoms with E-state index in [9.17, 15) is 8.78 Å². The number of hydrogen-bond acceptors (Lipinski definition) is 8. The van der Waals surface area contributed by atoms with E-state index in [-0.39, 0.29) is 17.8 Å². The summed E-state index contributed by atoms with van der Waals surface area (Å²) in [5.74, 6) is -0.770. The molecule has 0 bridgehead atoms. The zero-order valence-electron chi connectivity index (χ0n) is 17.0. The standard InChI is InChI=1S/C20H23F2N9/c1-13-14(12-25-31(13)20-27-18(23)26-19(24)28-20)3-2-4-29-5-7-30(8-6-29)17-10-15(21)9-16(22)11-17/h2-3,9-12H,4-8H2,1H3,(H4,23,24,26,27,28)/b3-2+. The second kappa shape index (κ2) is 8.64. The van der Waals surface area contributed by atoms with Gasteiger partial charge in [-0.25, -0.2) is 13.5 Å². The van der Waals surface area contributed by atoms with Crippen LogP contribution in [0.25, 0.3) is 12.0 Å². The summed E-state index contributed by atoms with van der Waals surface area (Å²) < 4.78 is 28.5. The van der Waals surface area contributed by atoms with Gasteiger partial charge in [-0.1, -0.05) is 12.2 Å². The van der Waals surface area contributed by atoms with Crippen LogP contribution < -0.4 is 16.4 Å². The molecule has 31 heavy (non-hydrogen) atoms. The predicted octanol–water partition coefficient (Wildman–Crippen LogP) is 1.64. The van der Waals surface area contributed by atoms with E-state index in [2.05, 4.69) is 31.0 Å². The van der Waals surface area contributed by atoms with E-state index in [0.29, 0.717) is 18.8 Å². The molecule has 0 unspecified atom stereocenters. The Morgan fingerprint density at radius 2 is 1.61 bits per heavy atom. The highest BCUT2D eigenvalue weighted by Crippen LogP contribution is 2.20. The minimum absolute atomic E-state index is 0.0367. The molecule has 162 valence electrons. The van der Waals surface area contributed by atoms with E-state index in [4.69, 9.17) is 11.5 Å². The topological polar surface area (TPSA) is 115 Å². The van der Waals surface area contributed by atoms with Crippen molar-refractivity contribution in [3.05, 3.63) is 53.4 Å². The van der Waals surface area contributed by atoms with Crippen LogP contribution >= 0.6 is 0 Å². The van der Waals surface area contributed by atoms with Gasteiger partial charge in [-0.2, -0.15) is 20.1 Å². The van der Waals surface area contributed by atoms with Crippen molar-refractivity contribution in [1.29, 1.82) is 0 Å². The van der Waals surface area contributed by atoms with E-state index < -0.39 is 11.6 Å². The zero-order chi connectivity index (χ0) is 22.0. The molecule has 0 spiro atoms. The molecule has 0 atom stereocenters. The minimum atomic E-state index is -0.557. The normalized spacial score (nSPS) is 15.1. The molecule has 1 aliphatic rings. The molecule has 1 aliphatic heterocycles. The average molecular weight is 427 g/mol. The molecule has 3 aromatic rings. The van der Waals surface area contributed by atoms with Crippen molar-refractivity contribution < 1.29 is 8.78 Å². The van der Waals surface area contributed by atoms with Crippen LogP contribution in [0.2, 0.25) is 0 Å². The molecular weight excluding hydrogens is 404 g/mol. The molecule has 0 aliphatic carbocycles. The van der Waals surface area contributed by atoms with Crippen molar-refractivity contribution in [2.75, 3.05) is 49.1 Å². The Labute approximate surface area is 178 Å². The van der Waals surface area contributed by atoms with Gasteiger partial charge in [-0.05, 0) is 19.1 Å². The van der Waals surface area contributed by atoms with Crippen molar-refractivity contribution in [1.82, 2.24) is 29.6 Å². The molecule has 4 rings (SSSR count). The Morgan fingerprint density at radius 1 is 0.968 bits per heavy atom. The number of anilines is 3. The number of piperazine rings is 1. The van der Waals surface area contributed by atoms with Gasteiger partial charge in [0.2, 0.25) is 11.9 Å². The summed E-state index contributed by atoms with van der Waals surface area (Å²) >= 11 is 0. The number of rotatable bonds is 5. The average Bonchev–Trinajstić information content (AvgIpc) is 3.07. The van der Waals surface area contributed by atoms with E-state index in [1.165, 1.54) is 12.1 Å². The fourth-order valence-corrected chi connectivity index (χ4v) is 3.52. The van der Waals surface area contributed by atoms with Gasteiger partial charge in [-0.15, -0.1) is 0 Å². The first kappa shape index (κ1) is 20.7. The molecule has 0 saturated carbocycles. The Bertz CT molecular complexity index is 1060. The molecule has 0 amide bonds. The van der Waals surface area contributed by atoms with Crippen LogP contribution in [-0.4, -0.2) is 62.4 Å². The molecule has 1 fully saturated rings. The molecule has 2 aromatic heterocycles. The van der Waals surface area contributed by atoms with Crippen molar-refractivity contribution >= 4 is 23.7 Å². The van der Waals surface area contributed by atoms with Gasteiger partial charge in [0.25, 0.3) is 5.95 Å². The Kier molecular flexibility index (Phi) is 5.76. The quantitative estimate of drug-likeness (QED) is 0.632. The van der Waals surface area contributed by atoms with Gasteiger partial charge in [0.15, 0.2) is 0 Å². The number of aromatic nitrogens is 5. The largest absolute Gasteiger partial charge is 0.369 e. The van der Waals surface area contributed by atoms with Crippen molar-refractivity contribution in [3.8, 4) is 5.95 Å². The van der Waals surface area contributed by atoms with E-state index in [0.717, 1.165) is 37.0 Å². The number of nitrogens with zero attached hydrogens (tertiary/aromatic N) is 7. The van der Waals surface area contributed by atoms with Crippen molar-refractivity contribution in [2.24, 2.45) is 0 Å². The van der Waals surface area contributed by atoms with Crippen LogP contribution in [0.1, 0.15) is 11.3 Å². The van der Waals surface area contributed by atoms with Crippen molar-refractivity contribution in [3.63, 3.8) is 0 Å². The minimum Gasteiger partial charge on any atom is -0.369 e. The van der Waals surface area contributed by atoms with Crippen molar-refractivity contribution in [2.45, 2.75) is 6.92 Å². The third kappa shape index (κ3) is 4.77. The van der Waals surface area contributed by atoms with Gasteiger partial charge < -0.3 is 16.4 Å². The monoisotopic (exact) mass is 427 g/mol. The molecule has 3 heterocycles. The van der Waals surface area contributed by atoms with Crippen LogP contribution in [-0.2, 0) is 0 Å². The summed E-state index contributed by atoms with van der Waals surface area (Å²) in [6.07, 6.45) is 5.77. The Morgan fingerprint density at radius 3 is 2.26 bits per heavy atom. The van der Waals surface area contributed by atoms with Crippen LogP contribution in [0.4, 0.5) is 26.4 Å². The molecule has 1 aromatic carbocycles. The highest BCUT2D eigenvalue weighted by atomic mass is 19.1. The molecule has 0 radical (unpaired) electrons. The SMILES string of the molecule is Cc1c(/C=C/CN2CCN(c3cc(F)cc(F)c3)CC2)cnn1-c1nc(N)nc(N)n1. The lowest BCUT2D eigenvalue weighted by atomic mass is 10.2. The van der Waals surface area contributed by atoms with Crippen LogP contribution in [0.15, 0.2) is 30.5 Å². The van der Waals surface area contributed by atoms with E-state index in [1.807, 2.05) is 17.9 Å². The summed E-state index contributed by atoms with van der Waals surface area (Å²) in [7, 11) is 0. The van der Waals surface area contributed by atoms with Crippen LogP contribution in [0, 0.1) is 18.6 Å². The summed E-state index contributed by atoms with van der Waals surface area (Å²) in [6, 6.07) is 3.62. The van der Waals surface area contributed by atoms with E-state index in [1.54, 1.807) is 10.9 Å². The maximum absolute atomic E-state index is 13.5. The lowest BCUT2D eigenvalue weighted by Gasteiger charge is -2.35. The summed E-state index contributed by atoms with van der Waals surface area (Å²) in [4.78, 5) is 16.2. The zero-order valence-corrected chi connectivity index (χ0v) is 17.0. The highest BCUT2D eigenvalue weighted by molar-refractivity contribution is 5.52. The van der Waals surface area contributed by atoms with Gasteiger partial charge in [0, 0.05) is 50.0 Å². The second-order valence-corrected chi connectivity index (χ2v) is 7.27. The van der Waals surface area contributed by atoms with Crippen LogP contribution in [0.3, 0.4) is 0 Å². The van der Waals surface area contributed by atoms with E-state index >= 15 is 0 Å². The Balaban J connectivity index is 1.35. The lowest BCUT2D eigenvalue weighted by molar-refractivity contribution is 0.284. The van der Waals surface area contributed by atoms with Gasteiger partial charge in [0.1, 0.15) is 11.6 Å². The maximum atomic E-state index is 13.5. The number of halogens is 2. The molecule has 1 saturated heterocycles.